The number of furan rings is 1. The Morgan fingerprint density at radius 3 is 2.88 bits per heavy atom. The quantitative estimate of drug-likeness (QED) is 0.791. The molecule has 2 N–H and O–H groups in total. The zero-order valence-electron chi connectivity index (χ0n) is 9.36. The molecule has 2 atom stereocenters. The summed E-state index contributed by atoms with van der Waals surface area (Å²) in [6.45, 7) is 0. The number of hydrogen-bond donors (Lipinski definition) is 1. The van der Waals surface area contributed by atoms with Crippen LogP contribution in [-0.4, -0.2) is 6.04 Å². The zero-order chi connectivity index (χ0) is 11.0. The van der Waals surface area contributed by atoms with Crippen molar-refractivity contribution in [2.45, 2.75) is 37.6 Å². The molecule has 1 aromatic heterocycles. The molecule has 0 saturated heterocycles. The summed E-state index contributed by atoms with van der Waals surface area (Å²) in [5.41, 5.74) is 7.01. The normalized spacial score (nSPS) is 26.1. The molecule has 0 radical (unpaired) electrons. The summed E-state index contributed by atoms with van der Waals surface area (Å²) < 4.78 is 5.90. The van der Waals surface area contributed by atoms with Crippen molar-refractivity contribution in [3.05, 3.63) is 36.1 Å². The average molecular weight is 215 g/mol. The summed E-state index contributed by atoms with van der Waals surface area (Å²) in [6.07, 6.45) is 4.67. The van der Waals surface area contributed by atoms with Crippen molar-refractivity contribution in [2.24, 2.45) is 5.73 Å². The number of nitrogens with two attached hydrogens (primary N) is 1. The molecule has 0 spiro atoms. The summed E-state index contributed by atoms with van der Waals surface area (Å²) in [5, 5.41) is 1.21. The van der Waals surface area contributed by atoms with Gasteiger partial charge in [0.25, 0.3) is 0 Å². The zero-order valence-corrected chi connectivity index (χ0v) is 9.36. The van der Waals surface area contributed by atoms with Crippen LogP contribution in [-0.2, 0) is 0 Å². The van der Waals surface area contributed by atoms with Gasteiger partial charge in [-0.3, -0.25) is 0 Å². The van der Waals surface area contributed by atoms with Gasteiger partial charge in [-0.25, -0.2) is 0 Å². The van der Waals surface area contributed by atoms with Gasteiger partial charge >= 0.3 is 0 Å². The van der Waals surface area contributed by atoms with Gasteiger partial charge in [0.1, 0.15) is 11.3 Å². The van der Waals surface area contributed by atoms with Crippen molar-refractivity contribution in [1.29, 1.82) is 0 Å². The second-order valence-electron chi connectivity index (χ2n) is 4.81. The first kappa shape index (κ1) is 9.91. The molecule has 1 heterocycles. The van der Waals surface area contributed by atoms with E-state index in [1.165, 1.54) is 18.2 Å². The van der Waals surface area contributed by atoms with E-state index in [0.717, 1.165) is 24.2 Å². The Morgan fingerprint density at radius 2 is 2.06 bits per heavy atom. The SMILES string of the molecule is NC1CCCC(c2cc3ccccc3o2)C1. The predicted octanol–water partition coefficient (Wildman–Crippen LogP) is 3.42. The highest BCUT2D eigenvalue weighted by Crippen LogP contribution is 2.35. The van der Waals surface area contributed by atoms with E-state index in [0.29, 0.717) is 12.0 Å². The third kappa shape index (κ3) is 1.74. The average Bonchev–Trinajstić information content (AvgIpc) is 2.72. The molecule has 1 saturated carbocycles. The van der Waals surface area contributed by atoms with Gasteiger partial charge in [-0.05, 0) is 31.4 Å². The van der Waals surface area contributed by atoms with Gasteiger partial charge in [0, 0.05) is 17.3 Å². The molecule has 0 bridgehead atoms. The predicted molar refractivity (Wildman–Crippen MR) is 65.4 cm³/mol. The molecule has 1 aliphatic carbocycles. The molecule has 84 valence electrons. The highest BCUT2D eigenvalue weighted by Gasteiger charge is 2.23. The van der Waals surface area contributed by atoms with E-state index < -0.39 is 0 Å². The maximum absolute atomic E-state index is 6.02. The number of benzene rings is 1. The van der Waals surface area contributed by atoms with Crippen LogP contribution in [0.5, 0.6) is 0 Å². The van der Waals surface area contributed by atoms with Crippen LogP contribution in [0, 0.1) is 0 Å². The highest BCUT2D eigenvalue weighted by molar-refractivity contribution is 5.77. The minimum Gasteiger partial charge on any atom is -0.461 e. The van der Waals surface area contributed by atoms with E-state index in [4.69, 9.17) is 10.2 Å². The number of hydrogen-bond acceptors (Lipinski definition) is 2. The maximum atomic E-state index is 6.02. The molecular formula is C14H17NO. The third-order valence-electron chi connectivity index (χ3n) is 3.56. The number of rotatable bonds is 1. The van der Waals surface area contributed by atoms with E-state index in [1.54, 1.807) is 0 Å². The fraction of sp³-hybridized carbons (Fsp3) is 0.429. The fourth-order valence-electron chi connectivity index (χ4n) is 2.69. The van der Waals surface area contributed by atoms with Gasteiger partial charge in [-0.2, -0.15) is 0 Å². The number of fused-ring (bicyclic) bond motifs is 1. The van der Waals surface area contributed by atoms with Gasteiger partial charge in [-0.1, -0.05) is 24.6 Å². The van der Waals surface area contributed by atoms with E-state index in [9.17, 15) is 0 Å². The van der Waals surface area contributed by atoms with Crippen LogP contribution >= 0.6 is 0 Å². The lowest BCUT2D eigenvalue weighted by molar-refractivity contribution is 0.352. The van der Waals surface area contributed by atoms with Gasteiger partial charge in [-0.15, -0.1) is 0 Å². The van der Waals surface area contributed by atoms with Crippen LogP contribution in [0.3, 0.4) is 0 Å². The standard InChI is InChI=1S/C14H17NO/c15-12-6-3-5-10(8-12)14-9-11-4-1-2-7-13(11)16-14/h1-2,4,7,9-10,12H,3,5-6,8,15H2. The van der Waals surface area contributed by atoms with E-state index in [-0.39, 0.29) is 0 Å². The Kier molecular flexibility index (Phi) is 2.44. The monoisotopic (exact) mass is 215 g/mol. The highest BCUT2D eigenvalue weighted by atomic mass is 16.3. The van der Waals surface area contributed by atoms with Gasteiger partial charge in [0.2, 0.25) is 0 Å². The van der Waals surface area contributed by atoms with Crippen molar-refractivity contribution in [3.8, 4) is 0 Å². The van der Waals surface area contributed by atoms with Crippen molar-refractivity contribution in [1.82, 2.24) is 0 Å². The minimum absolute atomic E-state index is 0.354. The van der Waals surface area contributed by atoms with Crippen molar-refractivity contribution < 1.29 is 4.42 Å². The lowest BCUT2D eigenvalue weighted by Crippen LogP contribution is -2.26. The van der Waals surface area contributed by atoms with Gasteiger partial charge in [0.15, 0.2) is 0 Å². The maximum Gasteiger partial charge on any atom is 0.134 e. The molecule has 2 unspecified atom stereocenters. The fourth-order valence-corrected chi connectivity index (χ4v) is 2.69. The molecule has 1 aromatic carbocycles. The first-order chi connectivity index (χ1) is 7.83. The summed E-state index contributed by atoms with van der Waals surface area (Å²) in [5.74, 6) is 1.65. The molecule has 2 heteroatoms. The van der Waals surface area contributed by atoms with Gasteiger partial charge < -0.3 is 10.2 Å². The molecular weight excluding hydrogens is 198 g/mol. The summed E-state index contributed by atoms with van der Waals surface area (Å²) >= 11 is 0. The molecule has 2 aromatic rings. The van der Waals surface area contributed by atoms with E-state index in [2.05, 4.69) is 12.1 Å². The van der Waals surface area contributed by atoms with E-state index in [1.807, 2.05) is 18.2 Å². The molecule has 0 amide bonds. The Hall–Kier alpha value is -1.28. The van der Waals surface area contributed by atoms with Gasteiger partial charge in [0.05, 0.1) is 0 Å². The molecule has 2 nitrogen and oxygen atoms in total. The van der Waals surface area contributed by atoms with E-state index >= 15 is 0 Å². The molecule has 3 rings (SSSR count). The summed E-state index contributed by atoms with van der Waals surface area (Å²) in [6, 6.07) is 10.7. The lowest BCUT2D eigenvalue weighted by atomic mass is 9.84. The van der Waals surface area contributed by atoms with Crippen LogP contribution in [0.2, 0.25) is 0 Å². The van der Waals surface area contributed by atoms with Crippen LogP contribution < -0.4 is 5.73 Å². The van der Waals surface area contributed by atoms with Crippen LogP contribution in [0.15, 0.2) is 34.7 Å². The minimum atomic E-state index is 0.354. The first-order valence-corrected chi connectivity index (χ1v) is 6.07. The largest absolute Gasteiger partial charge is 0.461 e. The summed E-state index contributed by atoms with van der Waals surface area (Å²) in [4.78, 5) is 0. The lowest BCUT2D eigenvalue weighted by Gasteiger charge is -2.24. The van der Waals surface area contributed by atoms with Crippen LogP contribution in [0.1, 0.15) is 37.4 Å². The Balaban J connectivity index is 1.93. The van der Waals surface area contributed by atoms with Crippen LogP contribution in [0.4, 0.5) is 0 Å². The Bertz CT molecular complexity index is 455. The summed E-state index contributed by atoms with van der Waals surface area (Å²) in [7, 11) is 0. The smallest absolute Gasteiger partial charge is 0.134 e. The molecule has 16 heavy (non-hydrogen) atoms. The Labute approximate surface area is 95.4 Å². The van der Waals surface area contributed by atoms with Crippen molar-refractivity contribution >= 4 is 11.0 Å². The topological polar surface area (TPSA) is 39.2 Å². The third-order valence-corrected chi connectivity index (χ3v) is 3.56. The van der Waals surface area contributed by atoms with Crippen LogP contribution in [0.25, 0.3) is 11.0 Å². The molecule has 1 aliphatic rings. The molecule has 0 aliphatic heterocycles. The van der Waals surface area contributed by atoms with Crippen molar-refractivity contribution in [2.75, 3.05) is 0 Å². The first-order valence-electron chi connectivity index (χ1n) is 6.07. The second-order valence-corrected chi connectivity index (χ2v) is 4.81. The molecule has 1 fully saturated rings. The Morgan fingerprint density at radius 1 is 1.19 bits per heavy atom. The second kappa shape index (κ2) is 3.95. The number of para-hydroxylation sites is 1. The van der Waals surface area contributed by atoms with Crippen molar-refractivity contribution in [3.63, 3.8) is 0 Å².